The summed E-state index contributed by atoms with van der Waals surface area (Å²) in [5.74, 6) is -0.183. The molecule has 0 bridgehead atoms. The lowest BCUT2D eigenvalue weighted by atomic mass is 10.1. The number of thiazole rings is 1. The topological polar surface area (TPSA) is 30.0 Å². The van der Waals surface area contributed by atoms with Gasteiger partial charge >= 0.3 is 0 Å². The van der Waals surface area contributed by atoms with Crippen molar-refractivity contribution in [2.24, 2.45) is 0 Å². The average Bonchev–Trinajstić information content (AvgIpc) is 3.02. The number of nitrogens with zero attached hydrogens (tertiary/aromatic N) is 1. The Balaban J connectivity index is 1.68. The van der Waals surface area contributed by atoms with Crippen LogP contribution in [0.15, 0.2) is 52.2 Å². The minimum absolute atomic E-state index is 0.0683. The summed E-state index contributed by atoms with van der Waals surface area (Å²) in [6.07, 6.45) is 0. The molecule has 3 rings (SSSR count). The fourth-order valence-electron chi connectivity index (χ4n) is 1.99. The number of aromatic nitrogens is 1. The SMILES string of the molecule is O=C(CSc1nc(-c2ccc(Cl)cc2Cl)cs1)c1ccc(F)cc1. The van der Waals surface area contributed by atoms with Gasteiger partial charge in [0.15, 0.2) is 10.1 Å². The maximum Gasteiger partial charge on any atom is 0.173 e. The summed E-state index contributed by atoms with van der Waals surface area (Å²) >= 11 is 14.9. The number of hydrogen-bond donors (Lipinski definition) is 0. The average molecular weight is 398 g/mol. The van der Waals surface area contributed by atoms with Crippen molar-refractivity contribution in [1.82, 2.24) is 4.98 Å². The Bertz CT molecular complexity index is 881. The van der Waals surface area contributed by atoms with Gasteiger partial charge in [-0.15, -0.1) is 11.3 Å². The number of Topliss-reactive ketones (excluding diaryl/α,β-unsaturated/α-hetero) is 1. The number of carbonyl (C=O) groups is 1. The van der Waals surface area contributed by atoms with Crippen LogP contribution < -0.4 is 0 Å². The highest BCUT2D eigenvalue weighted by Crippen LogP contribution is 2.33. The van der Waals surface area contributed by atoms with Gasteiger partial charge in [-0.3, -0.25) is 4.79 Å². The zero-order valence-corrected chi connectivity index (χ0v) is 15.3. The summed E-state index contributed by atoms with van der Waals surface area (Å²) in [6, 6.07) is 10.8. The van der Waals surface area contributed by atoms with Crippen molar-refractivity contribution < 1.29 is 9.18 Å². The van der Waals surface area contributed by atoms with Crippen LogP contribution >= 0.6 is 46.3 Å². The van der Waals surface area contributed by atoms with Gasteiger partial charge in [0, 0.05) is 21.5 Å². The second-order valence-electron chi connectivity index (χ2n) is 4.84. The van der Waals surface area contributed by atoms with Gasteiger partial charge in [0.05, 0.1) is 16.5 Å². The van der Waals surface area contributed by atoms with Crippen LogP contribution in [0.5, 0.6) is 0 Å². The van der Waals surface area contributed by atoms with Crippen molar-refractivity contribution in [1.29, 1.82) is 0 Å². The lowest BCUT2D eigenvalue weighted by Gasteiger charge is -2.01. The first-order valence-electron chi connectivity index (χ1n) is 6.85. The van der Waals surface area contributed by atoms with Crippen molar-refractivity contribution in [3.8, 4) is 11.3 Å². The molecule has 1 heterocycles. The molecular weight excluding hydrogens is 388 g/mol. The minimum Gasteiger partial charge on any atom is -0.293 e. The minimum atomic E-state index is -0.358. The first-order valence-corrected chi connectivity index (χ1v) is 9.47. The lowest BCUT2D eigenvalue weighted by Crippen LogP contribution is -2.02. The number of thioether (sulfide) groups is 1. The molecule has 3 aromatic rings. The van der Waals surface area contributed by atoms with Crippen LogP contribution in [0, 0.1) is 5.82 Å². The molecular formula is C17H10Cl2FNOS2. The van der Waals surface area contributed by atoms with Gasteiger partial charge < -0.3 is 0 Å². The van der Waals surface area contributed by atoms with Crippen LogP contribution in [0.3, 0.4) is 0 Å². The fourth-order valence-corrected chi connectivity index (χ4v) is 4.22. The molecule has 0 saturated heterocycles. The largest absolute Gasteiger partial charge is 0.293 e. The normalized spacial score (nSPS) is 10.8. The van der Waals surface area contributed by atoms with E-state index in [1.165, 1.54) is 47.4 Å². The molecule has 0 aliphatic heterocycles. The molecule has 7 heteroatoms. The van der Waals surface area contributed by atoms with E-state index >= 15 is 0 Å². The van der Waals surface area contributed by atoms with Gasteiger partial charge in [0.1, 0.15) is 5.82 Å². The molecule has 0 aliphatic carbocycles. The molecule has 122 valence electrons. The Morgan fingerprint density at radius 3 is 2.62 bits per heavy atom. The smallest absolute Gasteiger partial charge is 0.173 e. The predicted octanol–water partition coefficient (Wildman–Crippen LogP) is 6.23. The molecule has 0 amide bonds. The molecule has 0 radical (unpaired) electrons. The molecule has 0 aliphatic rings. The molecule has 0 saturated carbocycles. The lowest BCUT2D eigenvalue weighted by molar-refractivity contribution is 0.102. The third-order valence-corrected chi connectivity index (χ3v) is 5.75. The van der Waals surface area contributed by atoms with E-state index in [2.05, 4.69) is 4.98 Å². The van der Waals surface area contributed by atoms with Crippen molar-refractivity contribution >= 4 is 52.1 Å². The first-order chi connectivity index (χ1) is 11.5. The van der Waals surface area contributed by atoms with Crippen LogP contribution in [0.4, 0.5) is 4.39 Å². The number of rotatable bonds is 5. The van der Waals surface area contributed by atoms with E-state index < -0.39 is 0 Å². The van der Waals surface area contributed by atoms with Crippen molar-refractivity contribution in [3.05, 3.63) is 69.3 Å². The standard InChI is InChI=1S/C17H10Cl2FNOS2/c18-11-3-6-13(14(19)7-11)15-8-23-17(21-15)24-9-16(22)10-1-4-12(20)5-2-10/h1-8H,9H2. The second kappa shape index (κ2) is 7.66. The highest BCUT2D eigenvalue weighted by molar-refractivity contribution is 8.01. The Morgan fingerprint density at radius 2 is 1.92 bits per heavy atom. The van der Waals surface area contributed by atoms with Gasteiger partial charge in [-0.2, -0.15) is 0 Å². The van der Waals surface area contributed by atoms with E-state index in [1.54, 1.807) is 12.1 Å². The van der Waals surface area contributed by atoms with Crippen LogP contribution in [0.25, 0.3) is 11.3 Å². The summed E-state index contributed by atoms with van der Waals surface area (Å²) < 4.78 is 13.6. The van der Waals surface area contributed by atoms with Gasteiger partial charge in [0.25, 0.3) is 0 Å². The highest BCUT2D eigenvalue weighted by atomic mass is 35.5. The number of benzene rings is 2. The Hall–Kier alpha value is -1.40. The van der Waals surface area contributed by atoms with Gasteiger partial charge in [-0.25, -0.2) is 9.37 Å². The Labute approximate surface area is 156 Å². The van der Waals surface area contributed by atoms with Crippen molar-refractivity contribution in [3.63, 3.8) is 0 Å². The number of carbonyl (C=O) groups excluding carboxylic acids is 1. The van der Waals surface area contributed by atoms with E-state index in [4.69, 9.17) is 23.2 Å². The molecule has 0 N–H and O–H groups in total. The molecule has 24 heavy (non-hydrogen) atoms. The van der Waals surface area contributed by atoms with Gasteiger partial charge in [0.2, 0.25) is 0 Å². The zero-order valence-electron chi connectivity index (χ0n) is 12.1. The third-order valence-electron chi connectivity index (χ3n) is 3.18. The zero-order chi connectivity index (χ0) is 17.1. The van der Waals surface area contributed by atoms with E-state index in [9.17, 15) is 9.18 Å². The van der Waals surface area contributed by atoms with E-state index in [-0.39, 0.29) is 17.4 Å². The summed E-state index contributed by atoms with van der Waals surface area (Å²) in [7, 11) is 0. The predicted molar refractivity (Wildman–Crippen MR) is 99.0 cm³/mol. The molecule has 2 aromatic carbocycles. The molecule has 0 unspecified atom stereocenters. The maximum atomic E-state index is 12.9. The Kier molecular flexibility index (Phi) is 5.56. The van der Waals surface area contributed by atoms with Crippen LogP contribution in [0.2, 0.25) is 10.0 Å². The van der Waals surface area contributed by atoms with Crippen LogP contribution in [-0.4, -0.2) is 16.5 Å². The summed E-state index contributed by atoms with van der Waals surface area (Å²) in [6.45, 7) is 0. The quantitative estimate of drug-likeness (QED) is 0.377. The molecule has 1 aromatic heterocycles. The Morgan fingerprint density at radius 1 is 1.17 bits per heavy atom. The maximum absolute atomic E-state index is 12.9. The second-order valence-corrected chi connectivity index (χ2v) is 7.77. The summed E-state index contributed by atoms with van der Waals surface area (Å²) in [5.41, 5.74) is 2.04. The molecule has 2 nitrogen and oxygen atoms in total. The fraction of sp³-hybridized carbons (Fsp3) is 0.0588. The molecule has 0 atom stereocenters. The van der Waals surface area contributed by atoms with E-state index in [1.807, 2.05) is 11.4 Å². The van der Waals surface area contributed by atoms with Crippen molar-refractivity contribution in [2.45, 2.75) is 4.34 Å². The van der Waals surface area contributed by atoms with Gasteiger partial charge in [-0.05, 0) is 42.5 Å². The van der Waals surface area contributed by atoms with E-state index in [0.717, 1.165) is 15.6 Å². The summed E-state index contributed by atoms with van der Waals surface area (Å²) in [4.78, 5) is 16.6. The van der Waals surface area contributed by atoms with Gasteiger partial charge in [-0.1, -0.05) is 35.0 Å². The monoisotopic (exact) mass is 397 g/mol. The number of hydrogen-bond acceptors (Lipinski definition) is 4. The van der Waals surface area contributed by atoms with Crippen LogP contribution in [0.1, 0.15) is 10.4 Å². The highest BCUT2D eigenvalue weighted by Gasteiger charge is 2.12. The van der Waals surface area contributed by atoms with E-state index in [0.29, 0.717) is 15.6 Å². The van der Waals surface area contributed by atoms with Crippen LogP contribution in [-0.2, 0) is 0 Å². The van der Waals surface area contributed by atoms with Crippen molar-refractivity contribution in [2.75, 3.05) is 5.75 Å². The number of halogens is 3. The third kappa shape index (κ3) is 4.16. The number of ketones is 1. The summed E-state index contributed by atoms with van der Waals surface area (Å²) in [5, 5.41) is 2.99. The first kappa shape index (κ1) is 17.4. The molecule has 0 fully saturated rings. The molecule has 0 spiro atoms.